The Balaban J connectivity index is 0.000000606. The topological polar surface area (TPSA) is 42.0 Å². The van der Waals surface area contributed by atoms with Crippen molar-refractivity contribution in [2.24, 2.45) is 0 Å². The third-order valence-electron chi connectivity index (χ3n) is 2.61. The molecule has 1 heterocycles. The van der Waals surface area contributed by atoms with E-state index in [-0.39, 0.29) is 11.9 Å². The number of aromatic nitrogens is 1. The van der Waals surface area contributed by atoms with Gasteiger partial charge in [0.1, 0.15) is 0 Å². The van der Waals surface area contributed by atoms with Crippen LogP contribution in [0.4, 0.5) is 0 Å². The number of pyridine rings is 1. The lowest BCUT2D eigenvalue weighted by molar-refractivity contribution is -0.121. The summed E-state index contributed by atoms with van der Waals surface area (Å²) in [6.07, 6.45) is 4.34. The third-order valence-corrected chi connectivity index (χ3v) is 2.61. The highest BCUT2D eigenvalue weighted by atomic mass is 16.1. The van der Waals surface area contributed by atoms with Crippen molar-refractivity contribution in [1.29, 1.82) is 0 Å². The van der Waals surface area contributed by atoms with Crippen molar-refractivity contribution in [2.75, 3.05) is 0 Å². The summed E-state index contributed by atoms with van der Waals surface area (Å²) in [5.74, 6) is 0.105. The molecule has 3 nitrogen and oxygen atoms in total. The van der Waals surface area contributed by atoms with Crippen LogP contribution in [0.3, 0.4) is 0 Å². The van der Waals surface area contributed by atoms with Crippen molar-refractivity contribution < 1.29 is 4.79 Å². The van der Waals surface area contributed by atoms with E-state index in [1.54, 1.807) is 6.20 Å². The van der Waals surface area contributed by atoms with Gasteiger partial charge in [-0.1, -0.05) is 26.8 Å². The summed E-state index contributed by atoms with van der Waals surface area (Å²) in [5.41, 5.74) is 2.32. The smallest absolute Gasteiger partial charge is 0.220 e. The number of hydrogen-bond donors (Lipinski definition) is 1. The first-order valence-corrected chi connectivity index (χ1v) is 6.04. The maximum Gasteiger partial charge on any atom is 0.220 e. The lowest BCUT2D eigenvalue weighted by Crippen LogP contribution is -2.26. The Morgan fingerprint density at radius 3 is 3.00 bits per heavy atom. The molecule has 1 atom stereocenters. The maximum absolute atomic E-state index is 11.2. The second-order valence-electron chi connectivity index (χ2n) is 3.56. The predicted molar refractivity (Wildman–Crippen MR) is 65.1 cm³/mol. The summed E-state index contributed by atoms with van der Waals surface area (Å²) in [6, 6.07) is 4.17. The number of amides is 1. The number of aryl methyl sites for hydroxylation is 1. The van der Waals surface area contributed by atoms with Gasteiger partial charge in [0, 0.05) is 12.6 Å². The summed E-state index contributed by atoms with van der Waals surface area (Å²) < 4.78 is 0. The lowest BCUT2D eigenvalue weighted by Gasteiger charge is -2.11. The fourth-order valence-corrected chi connectivity index (χ4v) is 1.85. The summed E-state index contributed by atoms with van der Waals surface area (Å²) in [5, 5.41) is 2.98. The average molecular weight is 220 g/mol. The molecule has 1 aromatic heterocycles. The molecule has 1 amide bonds. The van der Waals surface area contributed by atoms with Crippen molar-refractivity contribution in [3.63, 3.8) is 0 Å². The zero-order valence-corrected chi connectivity index (χ0v) is 10.3. The van der Waals surface area contributed by atoms with Crippen molar-refractivity contribution in [2.45, 2.75) is 46.1 Å². The number of fused-ring (bicyclic) bond motifs is 1. The van der Waals surface area contributed by atoms with Gasteiger partial charge in [-0.2, -0.15) is 0 Å². The number of nitrogens with zero attached hydrogens (tertiary/aromatic N) is 1. The normalized spacial score (nSPS) is 17.1. The molecule has 1 aromatic rings. The van der Waals surface area contributed by atoms with Gasteiger partial charge in [-0.15, -0.1) is 0 Å². The molecular formula is C13H20N2O. The van der Waals surface area contributed by atoms with E-state index in [4.69, 9.17) is 0 Å². The molecule has 0 aromatic carbocycles. The average Bonchev–Trinajstić information content (AvgIpc) is 2.75. The Kier molecular flexibility index (Phi) is 4.96. The van der Waals surface area contributed by atoms with Crippen molar-refractivity contribution >= 4 is 5.91 Å². The second-order valence-corrected chi connectivity index (χ2v) is 3.56. The van der Waals surface area contributed by atoms with Gasteiger partial charge in [0.2, 0.25) is 5.91 Å². The van der Waals surface area contributed by atoms with E-state index in [9.17, 15) is 4.79 Å². The van der Waals surface area contributed by atoms with Gasteiger partial charge in [-0.05, 0) is 24.5 Å². The Hall–Kier alpha value is -1.38. The number of carbonyl (C=O) groups excluding carboxylic acids is 1. The van der Waals surface area contributed by atoms with E-state index in [0.717, 1.165) is 18.5 Å². The maximum atomic E-state index is 11.2. The highest BCUT2D eigenvalue weighted by Crippen LogP contribution is 2.28. The van der Waals surface area contributed by atoms with E-state index in [2.05, 4.69) is 16.4 Å². The largest absolute Gasteiger partial charge is 0.348 e. The van der Waals surface area contributed by atoms with Crippen molar-refractivity contribution in [1.82, 2.24) is 10.3 Å². The van der Waals surface area contributed by atoms with Crippen LogP contribution in [-0.2, 0) is 11.2 Å². The molecule has 0 aliphatic heterocycles. The van der Waals surface area contributed by atoms with Crippen LogP contribution < -0.4 is 5.32 Å². The van der Waals surface area contributed by atoms with Gasteiger partial charge in [0.05, 0.1) is 11.7 Å². The summed E-state index contributed by atoms with van der Waals surface area (Å²) >= 11 is 0. The molecule has 16 heavy (non-hydrogen) atoms. The zero-order chi connectivity index (χ0) is 12.0. The Labute approximate surface area is 97.3 Å². The van der Waals surface area contributed by atoms with E-state index in [0.29, 0.717) is 6.42 Å². The Bertz CT molecular complexity index is 350. The zero-order valence-electron chi connectivity index (χ0n) is 10.3. The van der Waals surface area contributed by atoms with Crippen LogP contribution in [0.5, 0.6) is 0 Å². The van der Waals surface area contributed by atoms with Gasteiger partial charge < -0.3 is 5.32 Å². The predicted octanol–water partition coefficient (Wildman–Crippen LogP) is 2.62. The van der Waals surface area contributed by atoms with Crippen LogP contribution in [0.1, 0.15) is 50.9 Å². The van der Waals surface area contributed by atoms with Crippen LogP contribution in [0.25, 0.3) is 0 Å². The number of carbonyl (C=O) groups is 1. The third kappa shape index (κ3) is 2.81. The first-order chi connectivity index (χ1) is 7.81. The van der Waals surface area contributed by atoms with Crippen LogP contribution in [0, 0.1) is 0 Å². The lowest BCUT2D eigenvalue weighted by atomic mass is 10.2. The van der Waals surface area contributed by atoms with Crippen LogP contribution in [0.15, 0.2) is 18.3 Å². The minimum absolute atomic E-state index is 0.105. The van der Waals surface area contributed by atoms with Crippen LogP contribution in [0.2, 0.25) is 0 Å². The molecule has 88 valence electrons. The SMILES string of the molecule is CC.CCC(=O)NC1CCc2cccnc21. The molecule has 0 saturated heterocycles. The van der Waals surface area contributed by atoms with Gasteiger partial charge in [-0.25, -0.2) is 0 Å². The molecule has 0 saturated carbocycles. The number of hydrogen-bond acceptors (Lipinski definition) is 2. The fourth-order valence-electron chi connectivity index (χ4n) is 1.85. The molecule has 2 rings (SSSR count). The number of rotatable bonds is 2. The molecule has 0 fully saturated rings. The van der Waals surface area contributed by atoms with Crippen LogP contribution in [-0.4, -0.2) is 10.9 Å². The highest BCUT2D eigenvalue weighted by molar-refractivity contribution is 5.76. The van der Waals surface area contributed by atoms with Crippen molar-refractivity contribution in [3.05, 3.63) is 29.6 Å². The van der Waals surface area contributed by atoms with Gasteiger partial charge in [0.25, 0.3) is 0 Å². The van der Waals surface area contributed by atoms with Crippen molar-refractivity contribution in [3.8, 4) is 0 Å². The summed E-state index contributed by atoms with van der Waals surface area (Å²) in [4.78, 5) is 15.6. The van der Waals surface area contributed by atoms with E-state index >= 15 is 0 Å². The molecule has 0 bridgehead atoms. The number of nitrogens with one attached hydrogen (secondary N) is 1. The monoisotopic (exact) mass is 220 g/mol. The van der Waals surface area contributed by atoms with Crippen LogP contribution >= 0.6 is 0 Å². The molecular weight excluding hydrogens is 200 g/mol. The van der Waals surface area contributed by atoms with Gasteiger partial charge >= 0.3 is 0 Å². The Morgan fingerprint density at radius 2 is 2.31 bits per heavy atom. The minimum atomic E-state index is 0.105. The first kappa shape index (κ1) is 12.7. The van der Waals surface area contributed by atoms with E-state index in [1.807, 2.05) is 26.8 Å². The van der Waals surface area contributed by atoms with E-state index in [1.165, 1.54) is 5.56 Å². The summed E-state index contributed by atoms with van der Waals surface area (Å²) in [7, 11) is 0. The van der Waals surface area contributed by atoms with E-state index < -0.39 is 0 Å². The second kappa shape index (κ2) is 6.26. The molecule has 1 N–H and O–H groups in total. The van der Waals surface area contributed by atoms with Gasteiger partial charge in [-0.3, -0.25) is 9.78 Å². The minimum Gasteiger partial charge on any atom is -0.348 e. The first-order valence-electron chi connectivity index (χ1n) is 6.04. The standard InChI is InChI=1S/C11H14N2O.C2H6/c1-2-10(14)13-9-6-5-8-4-3-7-12-11(8)9;1-2/h3-4,7,9H,2,5-6H2,1H3,(H,13,14);1-2H3. The molecule has 1 aliphatic rings. The highest BCUT2D eigenvalue weighted by Gasteiger charge is 2.24. The molecule has 0 spiro atoms. The molecule has 1 aliphatic carbocycles. The molecule has 0 radical (unpaired) electrons. The Morgan fingerprint density at radius 1 is 1.56 bits per heavy atom. The van der Waals surface area contributed by atoms with Gasteiger partial charge in [0.15, 0.2) is 0 Å². The summed E-state index contributed by atoms with van der Waals surface area (Å²) in [6.45, 7) is 5.86. The quantitative estimate of drug-likeness (QED) is 0.832. The molecule has 1 unspecified atom stereocenters. The fraction of sp³-hybridized carbons (Fsp3) is 0.538. The molecule has 3 heteroatoms.